The maximum absolute atomic E-state index is 3.48. The molecule has 15 heavy (non-hydrogen) atoms. The molecule has 0 aliphatic rings. The molecule has 0 saturated heterocycles. The van der Waals surface area contributed by atoms with Gasteiger partial charge in [0.05, 0.1) is 0 Å². The van der Waals surface area contributed by atoms with E-state index in [0.29, 0.717) is 0 Å². The predicted octanol–water partition coefficient (Wildman–Crippen LogP) is 6.88. The summed E-state index contributed by atoms with van der Waals surface area (Å²) in [5.41, 5.74) is 0. The summed E-state index contributed by atoms with van der Waals surface area (Å²) in [7, 11) is 0. The third-order valence-electron chi connectivity index (χ3n) is 0.289. The highest BCUT2D eigenvalue weighted by Gasteiger charge is 1.45. The molecule has 0 aromatic heterocycles. The van der Waals surface area contributed by atoms with Crippen molar-refractivity contribution in [3.05, 3.63) is 25.8 Å². The van der Waals surface area contributed by atoms with Crippen LogP contribution in [0.3, 0.4) is 0 Å². The summed E-state index contributed by atoms with van der Waals surface area (Å²) < 4.78 is 0. The van der Waals surface area contributed by atoms with Crippen LogP contribution in [0.15, 0.2) is 25.8 Å². The molecule has 0 heteroatoms. The summed E-state index contributed by atoms with van der Waals surface area (Å²) in [5, 5.41) is 0. The van der Waals surface area contributed by atoms with E-state index in [0.717, 1.165) is 6.42 Å². The second-order valence-corrected chi connectivity index (χ2v) is 1.40. The van der Waals surface area contributed by atoms with Crippen LogP contribution < -0.4 is 0 Å². The van der Waals surface area contributed by atoms with E-state index in [4.69, 9.17) is 0 Å². The van der Waals surface area contributed by atoms with E-state index in [2.05, 4.69) is 40.5 Å². The third-order valence-corrected chi connectivity index (χ3v) is 0.289. The molecule has 0 nitrogen and oxygen atoms in total. The van der Waals surface area contributed by atoms with Gasteiger partial charge in [-0.25, -0.2) is 0 Å². The zero-order chi connectivity index (χ0) is 14.1. The minimum absolute atomic E-state index is 1.08. The minimum atomic E-state index is 1.08. The van der Waals surface area contributed by atoms with Crippen LogP contribution in [0.1, 0.15) is 75.2 Å². The molecule has 0 unspecified atom stereocenters. The highest BCUT2D eigenvalue weighted by Crippen LogP contribution is 1.66. The molecule has 0 radical (unpaired) electrons. The van der Waals surface area contributed by atoms with Gasteiger partial charge in [0.25, 0.3) is 0 Å². The molecule has 0 atom stereocenters. The summed E-state index contributed by atoms with van der Waals surface area (Å²) in [6.45, 7) is 27.8. The van der Waals surface area contributed by atoms with Gasteiger partial charge in [0.15, 0.2) is 0 Å². The van der Waals surface area contributed by atoms with Crippen molar-refractivity contribution >= 4 is 0 Å². The standard InChI is InChI=1S/C4H8.C3H8.3C2H6.C2H4/c1-3-4-2;1-3-2;4*1-2/h3H,1,4H2,2H3;3H2,1-2H3;3*1-2H3;1-2H2. The third kappa shape index (κ3) is 7710. The Kier molecular flexibility index (Phi) is 833. The van der Waals surface area contributed by atoms with Gasteiger partial charge in [0.1, 0.15) is 0 Å². The van der Waals surface area contributed by atoms with E-state index in [-0.39, 0.29) is 0 Å². The Morgan fingerprint density at radius 2 is 0.800 bits per heavy atom. The smallest absolute Gasteiger partial charge is 0.0382 e. The Labute approximate surface area is 101 Å². The second-order valence-electron chi connectivity index (χ2n) is 1.40. The highest BCUT2D eigenvalue weighted by molar-refractivity contribution is 4.60. The fraction of sp³-hybridized carbons (Fsp3) is 0.733. The van der Waals surface area contributed by atoms with Crippen molar-refractivity contribution in [1.29, 1.82) is 0 Å². The van der Waals surface area contributed by atoms with Crippen LogP contribution in [0.5, 0.6) is 0 Å². The van der Waals surface area contributed by atoms with Gasteiger partial charge in [-0.05, 0) is 6.42 Å². The Bertz CT molecular complexity index is 29.0. The van der Waals surface area contributed by atoms with Crippen LogP contribution in [0.2, 0.25) is 0 Å². The van der Waals surface area contributed by atoms with Crippen LogP contribution in [-0.4, -0.2) is 0 Å². The van der Waals surface area contributed by atoms with Crippen molar-refractivity contribution in [3.63, 3.8) is 0 Å². The predicted molar refractivity (Wildman–Crippen MR) is 81.8 cm³/mol. The van der Waals surface area contributed by atoms with Gasteiger partial charge in [-0.2, -0.15) is 0 Å². The van der Waals surface area contributed by atoms with Crippen molar-refractivity contribution in [2.24, 2.45) is 0 Å². The first-order valence-electron chi connectivity index (χ1n) is 6.44. The van der Waals surface area contributed by atoms with Crippen LogP contribution in [0, 0.1) is 0 Å². The van der Waals surface area contributed by atoms with Crippen LogP contribution in [-0.2, 0) is 0 Å². The zero-order valence-electron chi connectivity index (χ0n) is 13.1. The highest BCUT2D eigenvalue weighted by atomic mass is 13.5. The Hall–Kier alpha value is -0.520. The number of rotatable bonds is 1. The molecule has 0 aliphatic heterocycles. The lowest BCUT2D eigenvalue weighted by Crippen LogP contribution is -1.36. The molecular formula is C15H38. The molecule has 0 amide bonds. The first-order valence-corrected chi connectivity index (χ1v) is 6.44. The largest absolute Gasteiger partial charge is 0.106 e. The lowest BCUT2D eigenvalue weighted by atomic mass is 10.5. The molecule has 0 heterocycles. The molecule has 0 fully saturated rings. The van der Waals surface area contributed by atoms with Crippen molar-refractivity contribution in [2.75, 3.05) is 0 Å². The summed E-state index contributed by atoms with van der Waals surface area (Å²) in [6, 6.07) is 0. The van der Waals surface area contributed by atoms with Gasteiger partial charge >= 0.3 is 0 Å². The SMILES string of the molecule is C=C.C=CCC.CC.CC.CC.CCC. The van der Waals surface area contributed by atoms with Crippen molar-refractivity contribution in [1.82, 2.24) is 0 Å². The van der Waals surface area contributed by atoms with Crippen molar-refractivity contribution < 1.29 is 0 Å². The summed E-state index contributed by atoms with van der Waals surface area (Å²) >= 11 is 0. The first kappa shape index (κ1) is 36.6. The fourth-order valence-corrected chi connectivity index (χ4v) is 0. The number of hydrogen-bond acceptors (Lipinski definition) is 0. The van der Waals surface area contributed by atoms with E-state index < -0.39 is 0 Å². The maximum Gasteiger partial charge on any atom is -0.0382 e. The molecular weight excluding hydrogens is 180 g/mol. The van der Waals surface area contributed by atoms with Crippen LogP contribution in [0.4, 0.5) is 0 Å². The van der Waals surface area contributed by atoms with E-state index in [9.17, 15) is 0 Å². The number of allylic oxidation sites excluding steroid dienone is 1. The lowest BCUT2D eigenvalue weighted by Gasteiger charge is -1.57. The Morgan fingerprint density at radius 1 is 0.733 bits per heavy atom. The van der Waals surface area contributed by atoms with E-state index in [1.54, 1.807) is 0 Å². The van der Waals surface area contributed by atoms with Gasteiger partial charge in [-0.3, -0.25) is 0 Å². The van der Waals surface area contributed by atoms with Crippen LogP contribution >= 0.6 is 0 Å². The van der Waals surface area contributed by atoms with Gasteiger partial charge in [-0.15, -0.1) is 19.7 Å². The molecule has 0 rings (SSSR count). The molecule has 0 aromatic carbocycles. The Morgan fingerprint density at radius 3 is 0.800 bits per heavy atom. The number of hydrogen-bond donors (Lipinski definition) is 0. The first-order chi connectivity index (χ1) is 7.33. The van der Waals surface area contributed by atoms with Crippen molar-refractivity contribution in [2.45, 2.75) is 75.2 Å². The maximum atomic E-state index is 3.48. The van der Waals surface area contributed by atoms with Gasteiger partial charge in [-0.1, -0.05) is 74.8 Å². The second kappa shape index (κ2) is 341. The van der Waals surface area contributed by atoms with E-state index in [1.165, 1.54) is 6.42 Å². The minimum Gasteiger partial charge on any atom is -0.106 e. The van der Waals surface area contributed by atoms with Crippen molar-refractivity contribution in [3.8, 4) is 0 Å². The lowest BCUT2D eigenvalue weighted by molar-refractivity contribution is 1.09. The summed E-state index contributed by atoms with van der Waals surface area (Å²) in [4.78, 5) is 0. The Balaban J connectivity index is -0.0000000168. The topological polar surface area (TPSA) is 0 Å². The summed E-state index contributed by atoms with van der Waals surface area (Å²) in [5.74, 6) is 0. The normalized spacial score (nSPS) is 4.33. The quantitative estimate of drug-likeness (QED) is 0.421. The van der Waals surface area contributed by atoms with E-state index >= 15 is 0 Å². The van der Waals surface area contributed by atoms with Crippen LogP contribution in [0.25, 0.3) is 0 Å². The average molecular weight is 218 g/mol. The molecule has 0 saturated carbocycles. The van der Waals surface area contributed by atoms with Gasteiger partial charge < -0.3 is 0 Å². The molecule has 0 spiro atoms. The van der Waals surface area contributed by atoms with Gasteiger partial charge in [0.2, 0.25) is 0 Å². The molecule has 98 valence electrons. The molecule has 0 bridgehead atoms. The average Bonchev–Trinajstić information content (AvgIpc) is 2.39. The monoisotopic (exact) mass is 218 g/mol. The zero-order valence-corrected chi connectivity index (χ0v) is 13.1. The molecule has 0 N–H and O–H groups in total. The molecule has 0 aromatic rings. The molecule has 0 aliphatic carbocycles. The van der Waals surface area contributed by atoms with Gasteiger partial charge in [0, 0.05) is 0 Å². The fourth-order valence-electron chi connectivity index (χ4n) is 0. The van der Waals surface area contributed by atoms with E-state index in [1.807, 2.05) is 47.6 Å². The summed E-state index contributed by atoms with van der Waals surface area (Å²) in [6.07, 6.45) is 4.21.